The zero-order valence-corrected chi connectivity index (χ0v) is 10.5. The summed E-state index contributed by atoms with van der Waals surface area (Å²) in [6, 6.07) is 6.90. The molecule has 21 heavy (non-hydrogen) atoms. The van der Waals surface area contributed by atoms with Crippen LogP contribution in [0.5, 0.6) is 0 Å². The van der Waals surface area contributed by atoms with Crippen LogP contribution < -0.4 is 10.6 Å². The van der Waals surface area contributed by atoms with Gasteiger partial charge in [0.1, 0.15) is 23.5 Å². The van der Waals surface area contributed by atoms with Crippen molar-refractivity contribution < 1.29 is 18.0 Å². The van der Waals surface area contributed by atoms with Crippen LogP contribution in [0.15, 0.2) is 36.4 Å². The molecule has 2 amide bonds. The number of carbonyl (C=O) groups is 1. The molecule has 4 nitrogen and oxygen atoms in total. The molecule has 2 rings (SSSR count). The summed E-state index contributed by atoms with van der Waals surface area (Å²) < 4.78 is 39.2. The molecule has 0 aliphatic carbocycles. The lowest BCUT2D eigenvalue weighted by Gasteiger charge is -2.08. The highest BCUT2D eigenvalue weighted by atomic mass is 19.1. The van der Waals surface area contributed by atoms with Crippen molar-refractivity contribution in [1.29, 1.82) is 5.26 Å². The third kappa shape index (κ3) is 3.51. The van der Waals surface area contributed by atoms with Crippen LogP contribution in [0.25, 0.3) is 0 Å². The fourth-order valence-electron chi connectivity index (χ4n) is 1.56. The molecule has 0 saturated carbocycles. The third-order valence-electron chi connectivity index (χ3n) is 2.52. The minimum atomic E-state index is -0.929. The topological polar surface area (TPSA) is 64.9 Å². The van der Waals surface area contributed by atoms with Crippen molar-refractivity contribution in [3.05, 3.63) is 59.4 Å². The molecule has 0 saturated heterocycles. The molecular weight excluding hydrogens is 283 g/mol. The summed E-state index contributed by atoms with van der Waals surface area (Å²) in [6.07, 6.45) is 0. The predicted octanol–water partition coefficient (Wildman–Crippen LogP) is 3.62. The third-order valence-corrected chi connectivity index (χ3v) is 2.52. The van der Waals surface area contributed by atoms with E-state index >= 15 is 0 Å². The fourth-order valence-corrected chi connectivity index (χ4v) is 1.56. The average Bonchev–Trinajstić information content (AvgIpc) is 2.44. The second kappa shape index (κ2) is 5.96. The van der Waals surface area contributed by atoms with Gasteiger partial charge >= 0.3 is 6.03 Å². The maximum absolute atomic E-state index is 13.3. The molecule has 0 unspecified atom stereocenters. The molecule has 0 radical (unpaired) electrons. The van der Waals surface area contributed by atoms with Crippen molar-refractivity contribution >= 4 is 17.4 Å². The number of anilines is 2. The first-order chi connectivity index (χ1) is 9.99. The quantitative estimate of drug-likeness (QED) is 0.887. The maximum atomic E-state index is 13.3. The first kappa shape index (κ1) is 14.4. The van der Waals surface area contributed by atoms with E-state index in [0.717, 1.165) is 24.3 Å². The Morgan fingerprint density at radius 2 is 1.76 bits per heavy atom. The second-order valence-corrected chi connectivity index (χ2v) is 4.01. The first-order valence-electron chi connectivity index (χ1n) is 5.72. The van der Waals surface area contributed by atoms with Gasteiger partial charge in [0.25, 0.3) is 0 Å². The minimum absolute atomic E-state index is 0.160. The zero-order valence-electron chi connectivity index (χ0n) is 10.5. The van der Waals surface area contributed by atoms with Crippen LogP contribution in [-0.4, -0.2) is 6.03 Å². The van der Waals surface area contributed by atoms with E-state index in [1.807, 2.05) is 0 Å². The Morgan fingerprint density at radius 3 is 2.43 bits per heavy atom. The number of halogens is 3. The number of hydrogen-bond acceptors (Lipinski definition) is 2. The standard InChI is InChI=1S/C14H8F3N3O/c15-9-1-4-13(12(17)6-9)20-14(21)19-10-2-3-11(16)8(5-10)7-18/h1-6H,(H2,19,20,21). The van der Waals surface area contributed by atoms with Crippen molar-refractivity contribution in [1.82, 2.24) is 0 Å². The van der Waals surface area contributed by atoms with E-state index in [0.29, 0.717) is 6.07 Å². The molecular formula is C14H8F3N3O. The second-order valence-electron chi connectivity index (χ2n) is 4.01. The van der Waals surface area contributed by atoms with Crippen molar-refractivity contribution in [3.63, 3.8) is 0 Å². The predicted molar refractivity (Wildman–Crippen MR) is 70.1 cm³/mol. The van der Waals surface area contributed by atoms with Crippen LogP contribution in [0.3, 0.4) is 0 Å². The summed E-state index contributed by atoms with van der Waals surface area (Å²) >= 11 is 0. The van der Waals surface area contributed by atoms with E-state index in [1.54, 1.807) is 6.07 Å². The van der Waals surface area contributed by atoms with Crippen LogP contribution in [0.2, 0.25) is 0 Å². The number of rotatable bonds is 2. The van der Waals surface area contributed by atoms with E-state index in [-0.39, 0.29) is 16.9 Å². The van der Waals surface area contributed by atoms with Gasteiger partial charge in [-0.15, -0.1) is 0 Å². The van der Waals surface area contributed by atoms with Gasteiger partial charge in [-0.1, -0.05) is 0 Å². The van der Waals surface area contributed by atoms with Crippen LogP contribution in [-0.2, 0) is 0 Å². The highest BCUT2D eigenvalue weighted by molar-refractivity contribution is 5.99. The lowest BCUT2D eigenvalue weighted by molar-refractivity contribution is 0.262. The number of amides is 2. The summed E-state index contributed by atoms with van der Waals surface area (Å²) in [5.41, 5.74) is -0.287. The number of urea groups is 1. The molecule has 0 atom stereocenters. The lowest BCUT2D eigenvalue weighted by atomic mass is 10.2. The van der Waals surface area contributed by atoms with Crippen LogP contribution >= 0.6 is 0 Å². The number of nitriles is 1. The number of benzene rings is 2. The van der Waals surface area contributed by atoms with E-state index in [4.69, 9.17) is 5.26 Å². The van der Waals surface area contributed by atoms with E-state index in [1.165, 1.54) is 6.07 Å². The summed E-state index contributed by atoms with van der Waals surface area (Å²) in [7, 11) is 0. The monoisotopic (exact) mass is 291 g/mol. The van der Waals surface area contributed by atoms with Crippen molar-refractivity contribution in [2.75, 3.05) is 10.6 Å². The summed E-state index contributed by atoms with van der Waals surface area (Å²) in [5.74, 6) is -2.41. The van der Waals surface area contributed by atoms with Gasteiger partial charge in [0, 0.05) is 11.8 Å². The van der Waals surface area contributed by atoms with Crippen LogP contribution in [0.1, 0.15) is 5.56 Å². The molecule has 0 aromatic heterocycles. The van der Waals surface area contributed by atoms with Crippen LogP contribution in [0, 0.1) is 28.8 Å². The Kier molecular flexibility index (Phi) is 4.09. The van der Waals surface area contributed by atoms with E-state index in [2.05, 4.69) is 10.6 Å². The fraction of sp³-hybridized carbons (Fsp3) is 0. The van der Waals surface area contributed by atoms with E-state index < -0.39 is 23.5 Å². The van der Waals surface area contributed by atoms with E-state index in [9.17, 15) is 18.0 Å². The Labute approximate surface area is 117 Å². The molecule has 0 bridgehead atoms. The summed E-state index contributed by atoms with van der Waals surface area (Å²) in [6.45, 7) is 0. The number of hydrogen-bond donors (Lipinski definition) is 2. The molecule has 0 heterocycles. The SMILES string of the molecule is N#Cc1cc(NC(=O)Nc2ccc(F)cc2F)ccc1F. The summed E-state index contributed by atoms with van der Waals surface area (Å²) in [5, 5.41) is 13.1. The Hall–Kier alpha value is -3.01. The molecule has 2 aromatic carbocycles. The van der Waals surface area contributed by atoms with Gasteiger partial charge in [-0.05, 0) is 30.3 Å². The molecule has 0 spiro atoms. The number of nitrogens with zero attached hydrogens (tertiary/aromatic N) is 1. The van der Waals surface area contributed by atoms with Crippen LogP contribution in [0.4, 0.5) is 29.3 Å². The van der Waals surface area contributed by atoms with Crippen molar-refractivity contribution in [3.8, 4) is 6.07 Å². The highest BCUT2D eigenvalue weighted by Crippen LogP contribution is 2.17. The molecule has 2 N–H and O–H groups in total. The summed E-state index contributed by atoms with van der Waals surface area (Å²) in [4.78, 5) is 11.6. The molecule has 2 aromatic rings. The Bertz CT molecular complexity index is 741. The van der Waals surface area contributed by atoms with Gasteiger partial charge < -0.3 is 10.6 Å². The van der Waals surface area contributed by atoms with Gasteiger partial charge in [0.2, 0.25) is 0 Å². The molecule has 7 heteroatoms. The van der Waals surface area contributed by atoms with Gasteiger partial charge in [-0.3, -0.25) is 0 Å². The average molecular weight is 291 g/mol. The molecule has 0 aliphatic rings. The molecule has 0 aliphatic heterocycles. The lowest BCUT2D eigenvalue weighted by Crippen LogP contribution is -2.20. The maximum Gasteiger partial charge on any atom is 0.323 e. The smallest absolute Gasteiger partial charge is 0.308 e. The van der Waals surface area contributed by atoms with Crippen molar-refractivity contribution in [2.24, 2.45) is 0 Å². The minimum Gasteiger partial charge on any atom is -0.308 e. The van der Waals surface area contributed by atoms with Crippen molar-refractivity contribution in [2.45, 2.75) is 0 Å². The van der Waals surface area contributed by atoms with Gasteiger partial charge in [-0.25, -0.2) is 18.0 Å². The van der Waals surface area contributed by atoms with Gasteiger partial charge in [0.05, 0.1) is 11.3 Å². The zero-order chi connectivity index (χ0) is 15.4. The van der Waals surface area contributed by atoms with Gasteiger partial charge in [0.15, 0.2) is 0 Å². The highest BCUT2D eigenvalue weighted by Gasteiger charge is 2.09. The Morgan fingerprint density at radius 1 is 1.00 bits per heavy atom. The first-order valence-corrected chi connectivity index (χ1v) is 5.72. The largest absolute Gasteiger partial charge is 0.323 e. The van der Waals surface area contributed by atoms with Gasteiger partial charge in [-0.2, -0.15) is 5.26 Å². The molecule has 106 valence electrons. The molecule has 0 fully saturated rings. The Balaban J connectivity index is 2.10. The normalized spacial score (nSPS) is 9.81. The number of nitrogens with one attached hydrogen (secondary N) is 2. The number of carbonyl (C=O) groups excluding carboxylic acids is 1.